The monoisotopic (exact) mass is 1040 g/mol. The molecule has 0 amide bonds. The van der Waals surface area contributed by atoms with Crippen LogP contribution in [0.1, 0.15) is 86.7 Å². The maximum absolute atomic E-state index is 8.55. The number of para-hydroxylation sites is 2. The first-order valence-corrected chi connectivity index (χ1v) is 22.4. The van der Waals surface area contributed by atoms with Crippen LogP contribution in [0.4, 0.5) is 0 Å². The fourth-order valence-corrected chi connectivity index (χ4v) is 8.94. The van der Waals surface area contributed by atoms with Crippen LogP contribution in [-0.2, 0) is 25.5 Å². The molecule has 329 valence electrons. The Morgan fingerprint density at radius 3 is 2.12 bits per heavy atom. The van der Waals surface area contributed by atoms with Crippen LogP contribution in [0, 0.1) is 19.0 Å². The number of pyridine rings is 2. The molecule has 0 saturated carbocycles. The van der Waals surface area contributed by atoms with Crippen LogP contribution in [0.3, 0.4) is 0 Å². The van der Waals surface area contributed by atoms with E-state index >= 15 is 0 Å². The van der Waals surface area contributed by atoms with E-state index in [0.717, 1.165) is 49.7 Å². The molecular formula is C60H52IrN4O-2. The van der Waals surface area contributed by atoms with Gasteiger partial charge in [0.2, 0.25) is 5.71 Å². The number of benzene rings is 7. The predicted octanol–water partition coefficient (Wildman–Crippen LogP) is 16.2. The van der Waals surface area contributed by atoms with Crippen molar-refractivity contribution in [3.8, 4) is 39.5 Å². The topological polar surface area (TPSA) is 56.7 Å². The van der Waals surface area contributed by atoms with Gasteiger partial charge in [-0.15, -0.1) is 53.6 Å². The normalized spacial score (nSPS) is 12.7. The molecule has 0 aliphatic heterocycles. The smallest absolute Gasteiger partial charge is 0.216 e. The minimum Gasteiger partial charge on any atom is -0.486 e. The van der Waals surface area contributed by atoms with E-state index in [0.29, 0.717) is 33.5 Å². The third kappa shape index (κ3) is 8.14. The fourth-order valence-electron chi connectivity index (χ4n) is 8.94. The molecule has 0 fully saturated rings. The maximum atomic E-state index is 8.55. The molecule has 1 radical (unpaired) electrons. The summed E-state index contributed by atoms with van der Waals surface area (Å²) in [5.74, 6) is 1.00. The van der Waals surface area contributed by atoms with E-state index in [1.54, 1.807) is 6.07 Å². The van der Waals surface area contributed by atoms with Crippen molar-refractivity contribution < 1.29 is 28.6 Å². The molecule has 11 rings (SSSR count). The van der Waals surface area contributed by atoms with E-state index in [2.05, 4.69) is 143 Å². The van der Waals surface area contributed by atoms with E-state index in [1.165, 1.54) is 27.8 Å². The Bertz CT molecular complexity index is 3630. The second-order valence-corrected chi connectivity index (χ2v) is 18.5. The number of aryl methyl sites for hydroxylation is 1. The van der Waals surface area contributed by atoms with Gasteiger partial charge in [0.15, 0.2) is 0 Å². The number of rotatable bonds is 6. The molecule has 0 aliphatic rings. The third-order valence-corrected chi connectivity index (χ3v) is 12.4. The molecule has 5 nitrogen and oxygen atoms in total. The van der Waals surface area contributed by atoms with Gasteiger partial charge in [-0.1, -0.05) is 151 Å². The fraction of sp³-hybridized carbons (Fsp3) is 0.183. The van der Waals surface area contributed by atoms with Crippen LogP contribution in [-0.4, -0.2) is 19.5 Å². The second kappa shape index (κ2) is 17.9. The summed E-state index contributed by atoms with van der Waals surface area (Å²) in [5.41, 5.74) is 13.4. The summed E-state index contributed by atoms with van der Waals surface area (Å²) < 4.78 is 34.6. The van der Waals surface area contributed by atoms with Crippen LogP contribution in [0.25, 0.3) is 94.2 Å². The van der Waals surface area contributed by atoms with Crippen molar-refractivity contribution in [2.45, 2.75) is 72.6 Å². The molecule has 7 aromatic carbocycles. The van der Waals surface area contributed by atoms with Crippen LogP contribution in [0.2, 0.25) is 0 Å². The van der Waals surface area contributed by atoms with E-state index in [1.807, 2.05) is 79.0 Å². The first kappa shape index (κ1) is 40.8. The van der Waals surface area contributed by atoms with Gasteiger partial charge in [0.05, 0.1) is 28.0 Å². The molecule has 11 aromatic rings. The zero-order valence-electron chi connectivity index (χ0n) is 41.2. The van der Waals surface area contributed by atoms with Gasteiger partial charge in [0.1, 0.15) is 0 Å². The second-order valence-electron chi connectivity index (χ2n) is 18.5. The Balaban J connectivity index is 0.000000296. The summed E-state index contributed by atoms with van der Waals surface area (Å²) >= 11 is 0. The number of imidazole rings is 1. The summed E-state index contributed by atoms with van der Waals surface area (Å²) in [6.07, 6.45) is 1.87. The molecule has 6 heteroatoms. The quantitative estimate of drug-likeness (QED) is 0.123. The van der Waals surface area contributed by atoms with Crippen LogP contribution in [0.15, 0.2) is 162 Å². The number of hydrogen-bond acceptors (Lipinski definition) is 4. The van der Waals surface area contributed by atoms with Gasteiger partial charge in [-0.25, -0.2) is 4.98 Å². The van der Waals surface area contributed by atoms with Gasteiger partial charge in [-0.2, -0.15) is 0 Å². The molecule has 0 bridgehead atoms. The van der Waals surface area contributed by atoms with Crippen LogP contribution >= 0.6 is 0 Å². The van der Waals surface area contributed by atoms with Crippen molar-refractivity contribution in [3.63, 3.8) is 0 Å². The summed E-state index contributed by atoms with van der Waals surface area (Å²) in [6.45, 7) is 13.1. The van der Waals surface area contributed by atoms with Crippen molar-refractivity contribution in [3.05, 3.63) is 192 Å². The average Bonchev–Trinajstić information content (AvgIpc) is 3.91. The summed E-state index contributed by atoms with van der Waals surface area (Å²) in [4.78, 5) is 14.7. The van der Waals surface area contributed by atoms with Crippen molar-refractivity contribution in [1.29, 1.82) is 0 Å². The summed E-state index contributed by atoms with van der Waals surface area (Å²) in [7, 11) is 0. The first-order valence-electron chi connectivity index (χ1n) is 23.9. The number of hydrogen-bond donors (Lipinski definition) is 0. The molecule has 0 N–H and O–H groups in total. The standard InChI is InChI=1S/C45H36N3O.C15H16N.Ir/c1-26(2)35-24-32(29-13-7-6-8-14-29)25-36(27(3)4)42(35)48-39-18-12-11-17-38(39)46-44(48)34-22-19-28(5)40-37-23-31-21-20-30-15-9-10-16-33(30)41(31)47-45(37)49-43(34)40;1-15(2,3)13-9-10-16-14(11-13)12-7-5-4-6-8-12;/h6-21,23-27H,1-5H3;4-7,9-11H,1-3H3;/q2*-1;/i5D3;;. The van der Waals surface area contributed by atoms with Crippen molar-refractivity contribution >= 4 is 54.8 Å². The first-order chi connectivity index (χ1) is 32.7. The Kier molecular flexibility index (Phi) is 11.1. The van der Waals surface area contributed by atoms with E-state index in [9.17, 15) is 0 Å². The summed E-state index contributed by atoms with van der Waals surface area (Å²) in [5, 5.41) is 4.16. The Morgan fingerprint density at radius 1 is 0.682 bits per heavy atom. The van der Waals surface area contributed by atoms with E-state index in [4.69, 9.17) is 18.5 Å². The van der Waals surface area contributed by atoms with Crippen LogP contribution < -0.4 is 0 Å². The SMILES string of the molecule is CC(C)(C)c1ccnc(-c2[c-]cccc2)c1.[2H]C([2H])([2H])c1c[c-]c(-c2nc3ccccc3n2-c2c(C(C)C)cc(-c3ccccc3)cc2C(C)C)c2oc3nc4c(ccc5ccccc54)cc3c12.[Ir]. The van der Waals surface area contributed by atoms with Gasteiger partial charge >= 0.3 is 0 Å². The Labute approximate surface area is 405 Å². The van der Waals surface area contributed by atoms with Gasteiger partial charge in [-0.3, -0.25) is 4.98 Å². The van der Waals surface area contributed by atoms with E-state index < -0.39 is 6.85 Å². The van der Waals surface area contributed by atoms with Gasteiger partial charge in [-0.05, 0) is 92.5 Å². The molecule has 0 spiro atoms. The van der Waals surface area contributed by atoms with E-state index in [-0.39, 0.29) is 42.9 Å². The number of fused-ring (bicyclic) bond motifs is 7. The number of aromatic nitrogens is 4. The summed E-state index contributed by atoms with van der Waals surface area (Å²) in [6, 6.07) is 57.8. The average molecular weight is 1040 g/mol. The Morgan fingerprint density at radius 2 is 1.39 bits per heavy atom. The molecule has 4 aromatic heterocycles. The van der Waals surface area contributed by atoms with Crippen LogP contribution in [0.5, 0.6) is 0 Å². The molecule has 0 saturated heterocycles. The number of nitrogens with zero attached hydrogens (tertiary/aromatic N) is 4. The third-order valence-electron chi connectivity index (χ3n) is 12.4. The van der Waals surface area contributed by atoms with Gasteiger partial charge in [0, 0.05) is 52.3 Å². The number of furan rings is 1. The molecule has 0 unspecified atom stereocenters. The van der Waals surface area contributed by atoms with Crippen molar-refractivity contribution in [2.24, 2.45) is 0 Å². The predicted molar refractivity (Wildman–Crippen MR) is 271 cm³/mol. The molecule has 4 heterocycles. The van der Waals surface area contributed by atoms with Gasteiger partial charge < -0.3 is 14.0 Å². The minimum atomic E-state index is -2.41. The van der Waals surface area contributed by atoms with Crippen molar-refractivity contribution in [2.75, 3.05) is 0 Å². The minimum absolute atomic E-state index is 0. The maximum Gasteiger partial charge on any atom is 0.216 e. The largest absolute Gasteiger partial charge is 0.486 e. The molecule has 66 heavy (non-hydrogen) atoms. The molecule has 0 atom stereocenters. The zero-order chi connectivity index (χ0) is 47.5. The van der Waals surface area contributed by atoms with Gasteiger partial charge in [0.25, 0.3) is 0 Å². The Hall–Kier alpha value is -6.72. The molecular weight excluding hydrogens is 985 g/mol. The van der Waals surface area contributed by atoms with Crippen molar-refractivity contribution in [1.82, 2.24) is 19.5 Å². The zero-order valence-corrected chi connectivity index (χ0v) is 40.6. The molecule has 0 aliphatic carbocycles.